The second kappa shape index (κ2) is 11.3. The van der Waals surface area contributed by atoms with E-state index in [0.29, 0.717) is 28.4 Å². The zero-order valence-electron chi connectivity index (χ0n) is 17.9. The average molecular weight is 560 g/mol. The van der Waals surface area contributed by atoms with Gasteiger partial charge in [-0.15, -0.1) is 0 Å². The maximum Gasteiger partial charge on any atom is 0.335 e. The molecular weight excluding hydrogens is 539 g/mol. The summed E-state index contributed by atoms with van der Waals surface area (Å²) in [6, 6.07) is 16.8. The smallest absolute Gasteiger partial charge is 0.335 e. The number of halogens is 1. The van der Waals surface area contributed by atoms with E-state index in [2.05, 4.69) is 33.1 Å². The number of methoxy groups -OCH3 is 2. The molecule has 0 atom stereocenters. The third kappa shape index (κ3) is 6.22. The fourth-order valence-corrected chi connectivity index (χ4v) is 3.43. The standard InChI is InChI=1S/C24H21IN2O6/c1-31-20-5-3-4-18(22(20)33-14-15-6-8-16(9-7-15)24(29)30)13-26-27-23(28)17-10-11-19(25)21(12-17)32-2/h3-13H,14H2,1-2H3,(H,27,28)(H,29,30)/b26-13+. The van der Waals surface area contributed by atoms with E-state index < -0.39 is 5.97 Å². The van der Waals surface area contributed by atoms with Crippen LogP contribution in [0.1, 0.15) is 31.8 Å². The predicted octanol–water partition coefficient (Wildman–Crippen LogP) is 4.35. The van der Waals surface area contributed by atoms with Crippen molar-refractivity contribution >= 4 is 40.7 Å². The van der Waals surface area contributed by atoms with Gasteiger partial charge in [0, 0.05) is 11.1 Å². The first-order valence-corrected chi connectivity index (χ1v) is 10.8. The van der Waals surface area contributed by atoms with Gasteiger partial charge in [0.1, 0.15) is 12.4 Å². The molecule has 170 valence electrons. The highest BCUT2D eigenvalue weighted by Gasteiger charge is 2.12. The zero-order valence-corrected chi connectivity index (χ0v) is 20.0. The summed E-state index contributed by atoms with van der Waals surface area (Å²) in [6.07, 6.45) is 1.47. The van der Waals surface area contributed by atoms with Crippen molar-refractivity contribution in [1.82, 2.24) is 5.43 Å². The van der Waals surface area contributed by atoms with Gasteiger partial charge in [0.2, 0.25) is 0 Å². The molecule has 0 fully saturated rings. The third-order valence-electron chi connectivity index (χ3n) is 4.60. The Hall–Kier alpha value is -3.60. The number of aromatic carboxylic acids is 1. The van der Waals surface area contributed by atoms with Crippen molar-refractivity contribution in [3.05, 3.63) is 86.5 Å². The minimum absolute atomic E-state index is 0.190. The van der Waals surface area contributed by atoms with Crippen LogP contribution in [0, 0.1) is 3.57 Å². The Morgan fingerprint density at radius 2 is 1.70 bits per heavy atom. The SMILES string of the molecule is COc1cc(C(=O)N/N=C/c2cccc(OC)c2OCc2ccc(C(=O)O)cc2)ccc1I. The molecule has 9 heteroatoms. The maximum atomic E-state index is 12.4. The number of para-hydroxylation sites is 1. The number of amides is 1. The van der Waals surface area contributed by atoms with Crippen LogP contribution in [0.25, 0.3) is 0 Å². The molecule has 0 spiro atoms. The highest BCUT2D eigenvalue weighted by Crippen LogP contribution is 2.31. The molecular formula is C24H21IN2O6. The van der Waals surface area contributed by atoms with Crippen molar-refractivity contribution in [2.45, 2.75) is 6.61 Å². The van der Waals surface area contributed by atoms with Crippen molar-refractivity contribution in [1.29, 1.82) is 0 Å². The van der Waals surface area contributed by atoms with Crippen LogP contribution in [-0.4, -0.2) is 37.4 Å². The summed E-state index contributed by atoms with van der Waals surface area (Å²) < 4.78 is 17.5. The third-order valence-corrected chi connectivity index (χ3v) is 5.49. The molecule has 1 amide bonds. The van der Waals surface area contributed by atoms with E-state index in [9.17, 15) is 9.59 Å². The molecule has 0 aliphatic rings. The number of carbonyl (C=O) groups excluding carboxylic acids is 1. The lowest BCUT2D eigenvalue weighted by Crippen LogP contribution is -2.17. The normalized spacial score (nSPS) is 10.6. The number of benzene rings is 3. The summed E-state index contributed by atoms with van der Waals surface area (Å²) in [7, 11) is 3.07. The van der Waals surface area contributed by atoms with Gasteiger partial charge in [-0.25, -0.2) is 10.2 Å². The fraction of sp³-hybridized carbons (Fsp3) is 0.125. The lowest BCUT2D eigenvalue weighted by atomic mass is 10.1. The first kappa shape index (κ1) is 24.1. The Labute approximate surface area is 204 Å². The molecule has 3 aromatic rings. The molecule has 8 nitrogen and oxygen atoms in total. The predicted molar refractivity (Wildman–Crippen MR) is 131 cm³/mol. The van der Waals surface area contributed by atoms with E-state index in [-0.39, 0.29) is 18.1 Å². The first-order valence-electron chi connectivity index (χ1n) is 9.72. The van der Waals surface area contributed by atoms with Crippen molar-refractivity contribution in [3.63, 3.8) is 0 Å². The van der Waals surface area contributed by atoms with E-state index in [1.54, 1.807) is 55.6 Å². The molecule has 3 aromatic carbocycles. The van der Waals surface area contributed by atoms with E-state index in [1.807, 2.05) is 0 Å². The van der Waals surface area contributed by atoms with Crippen LogP contribution < -0.4 is 19.6 Å². The van der Waals surface area contributed by atoms with Gasteiger partial charge in [-0.05, 0) is 70.6 Å². The van der Waals surface area contributed by atoms with Crippen LogP contribution in [0.4, 0.5) is 0 Å². The van der Waals surface area contributed by atoms with Gasteiger partial charge in [-0.2, -0.15) is 5.10 Å². The van der Waals surface area contributed by atoms with Crippen molar-refractivity contribution in [3.8, 4) is 17.2 Å². The quantitative estimate of drug-likeness (QED) is 0.229. The lowest BCUT2D eigenvalue weighted by Gasteiger charge is -2.13. The summed E-state index contributed by atoms with van der Waals surface area (Å²) in [6.45, 7) is 0.190. The van der Waals surface area contributed by atoms with Gasteiger partial charge in [0.05, 0.1) is 29.6 Å². The number of nitrogens with one attached hydrogen (secondary N) is 1. The second-order valence-electron chi connectivity index (χ2n) is 6.72. The van der Waals surface area contributed by atoms with Gasteiger partial charge in [0.15, 0.2) is 11.5 Å². The Balaban J connectivity index is 1.73. The van der Waals surface area contributed by atoms with E-state index in [4.69, 9.17) is 19.3 Å². The van der Waals surface area contributed by atoms with Crippen molar-refractivity contribution < 1.29 is 28.9 Å². The Morgan fingerprint density at radius 3 is 2.36 bits per heavy atom. The number of ether oxygens (including phenoxy) is 3. The maximum absolute atomic E-state index is 12.4. The van der Waals surface area contributed by atoms with Crippen LogP contribution >= 0.6 is 22.6 Å². The summed E-state index contributed by atoms with van der Waals surface area (Å²) in [5.41, 5.74) is 4.49. The van der Waals surface area contributed by atoms with Gasteiger partial charge in [-0.1, -0.05) is 18.2 Å². The van der Waals surface area contributed by atoms with E-state index in [0.717, 1.165) is 9.13 Å². The topological polar surface area (TPSA) is 106 Å². The highest BCUT2D eigenvalue weighted by molar-refractivity contribution is 14.1. The van der Waals surface area contributed by atoms with Gasteiger partial charge < -0.3 is 19.3 Å². The zero-order chi connectivity index (χ0) is 23.8. The van der Waals surface area contributed by atoms with Gasteiger partial charge in [-0.3, -0.25) is 4.79 Å². The van der Waals surface area contributed by atoms with Crippen LogP contribution in [0.5, 0.6) is 17.2 Å². The number of hydrazone groups is 1. The van der Waals surface area contributed by atoms with Gasteiger partial charge >= 0.3 is 5.97 Å². The average Bonchev–Trinajstić information content (AvgIpc) is 2.83. The Bertz CT molecular complexity index is 1180. The summed E-state index contributed by atoms with van der Waals surface area (Å²) in [4.78, 5) is 23.4. The van der Waals surface area contributed by atoms with Crippen LogP contribution in [0.2, 0.25) is 0 Å². The molecule has 0 heterocycles. The van der Waals surface area contributed by atoms with Gasteiger partial charge in [0.25, 0.3) is 5.91 Å². The lowest BCUT2D eigenvalue weighted by molar-refractivity contribution is 0.0696. The summed E-state index contributed by atoms with van der Waals surface area (Å²) in [5.74, 6) is 0.166. The molecule has 0 radical (unpaired) electrons. The number of hydrogen-bond acceptors (Lipinski definition) is 6. The van der Waals surface area contributed by atoms with E-state index >= 15 is 0 Å². The number of carbonyl (C=O) groups is 2. The largest absolute Gasteiger partial charge is 0.496 e. The molecule has 0 saturated heterocycles. The monoisotopic (exact) mass is 560 g/mol. The summed E-state index contributed by atoms with van der Waals surface area (Å²) >= 11 is 2.13. The molecule has 0 bridgehead atoms. The molecule has 0 unspecified atom stereocenters. The van der Waals surface area contributed by atoms with Crippen molar-refractivity contribution in [2.24, 2.45) is 5.10 Å². The number of carboxylic acids is 1. The van der Waals surface area contributed by atoms with Crippen LogP contribution in [0.15, 0.2) is 65.8 Å². The Morgan fingerprint density at radius 1 is 1.00 bits per heavy atom. The van der Waals surface area contributed by atoms with Crippen molar-refractivity contribution in [2.75, 3.05) is 14.2 Å². The van der Waals surface area contributed by atoms with Crippen LogP contribution in [0.3, 0.4) is 0 Å². The summed E-state index contributed by atoms with van der Waals surface area (Å²) in [5, 5.41) is 13.1. The van der Waals surface area contributed by atoms with E-state index in [1.165, 1.54) is 25.5 Å². The Kier molecular flexibility index (Phi) is 8.25. The minimum atomic E-state index is -0.989. The molecule has 2 N–H and O–H groups in total. The van der Waals surface area contributed by atoms with Crippen LogP contribution in [-0.2, 0) is 6.61 Å². The fourth-order valence-electron chi connectivity index (χ4n) is 2.87. The molecule has 0 aliphatic heterocycles. The number of carboxylic acid groups (broad SMARTS) is 1. The molecule has 0 aliphatic carbocycles. The number of rotatable bonds is 9. The minimum Gasteiger partial charge on any atom is -0.496 e. The second-order valence-corrected chi connectivity index (χ2v) is 7.88. The molecule has 3 rings (SSSR count). The molecule has 0 aromatic heterocycles. The number of nitrogens with zero attached hydrogens (tertiary/aromatic N) is 1. The highest BCUT2D eigenvalue weighted by atomic mass is 127. The molecule has 0 saturated carbocycles. The number of hydrogen-bond donors (Lipinski definition) is 2. The molecule has 33 heavy (non-hydrogen) atoms. The first-order chi connectivity index (χ1) is 15.9.